The third-order valence-electron chi connectivity index (χ3n) is 2.65. The first kappa shape index (κ1) is 14.4. The molecule has 2 aromatic rings. The zero-order chi connectivity index (χ0) is 14.9. The lowest BCUT2D eigenvalue weighted by Gasteiger charge is -2.16. The van der Waals surface area contributed by atoms with Crippen LogP contribution in [0.25, 0.3) is 0 Å². The lowest BCUT2D eigenvalue weighted by molar-refractivity contribution is 0.451. The van der Waals surface area contributed by atoms with Crippen molar-refractivity contribution in [2.75, 3.05) is 12.8 Å². The Morgan fingerprint density at radius 2 is 2.15 bits per heavy atom. The maximum Gasteiger partial charge on any atom is 0.246 e. The number of nitrogens with zero attached hydrogens (tertiary/aromatic N) is 3. The Morgan fingerprint density at radius 1 is 1.45 bits per heavy atom. The molecule has 0 aliphatic heterocycles. The number of rotatable bonds is 4. The average Bonchev–Trinajstić information content (AvgIpc) is 2.74. The molecule has 0 aliphatic rings. The van der Waals surface area contributed by atoms with Crippen molar-refractivity contribution >= 4 is 15.7 Å². The van der Waals surface area contributed by atoms with E-state index >= 15 is 0 Å². The Balaban J connectivity index is 2.29. The van der Waals surface area contributed by atoms with Crippen LogP contribution in [0.5, 0.6) is 0 Å². The van der Waals surface area contributed by atoms with E-state index in [1.807, 2.05) is 0 Å². The smallest absolute Gasteiger partial charge is 0.246 e. The van der Waals surface area contributed by atoms with E-state index in [1.165, 1.54) is 13.1 Å². The van der Waals surface area contributed by atoms with E-state index in [0.717, 1.165) is 16.4 Å². The van der Waals surface area contributed by atoms with Crippen molar-refractivity contribution in [2.24, 2.45) is 0 Å². The Morgan fingerprint density at radius 3 is 2.70 bits per heavy atom. The van der Waals surface area contributed by atoms with Gasteiger partial charge >= 0.3 is 0 Å². The van der Waals surface area contributed by atoms with Crippen molar-refractivity contribution in [1.82, 2.24) is 19.5 Å². The summed E-state index contributed by atoms with van der Waals surface area (Å²) in [5, 5.41) is 6.45. The SMILES string of the molecule is Cc1nc(CN(C)S(=O)(=O)c2ccc(N)cc2F)n[nH]1. The minimum atomic E-state index is -3.97. The van der Waals surface area contributed by atoms with Gasteiger partial charge in [0.1, 0.15) is 16.5 Å². The standard InChI is InChI=1S/C11H14FN5O2S/c1-7-14-11(16-15-7)6-17(2)20(18,19)10-4-3-8(13)5-9(10)12/h3-5H,6,13H2,1-2H3,(H,14,15,16). The van der Waals surface area contributed by atoms with Gasteiger partial charge in [-0.1, -0.05) is 0 Å². The maximum atomic E-state index is 13.7. The predicted octanol–water partition coefficient (Wildman–Crippen LogP) is 0.655. The van der Waals surface area contributed by atoms with Gasteiger partial charge in [-0.25, -0.2) is 17.8 Å². The Kier molecular flexibility index (Phi) is 3.73. The molecule has 0 atom stereocenters. The summed E-state index contributed by atoms with van der Waals surface area (Å²) in [7, 11) is -2.64. The van der Waals surface area contributed by atoms with Crippen LogP contribution in [0.1, 0.15) is 11.6 Å². The van der Waals surface area contributed by atoms with Gasteiger partial charge in [0.2, 0.25) is 10.0 Å². The molecule has 20 heavy (non-hydrogen) atoms. The molecule has 0 saturated carbocycles. The number of benzene rings is 1. The van der Waals surface area contributed by atoms with E-state index in [2.05, 4.69) is 15.2 Å². The highest BCUT2D eigenvalue weighted by molar-refractivity contribution is 7.89. The van der Waals surface area contributed by atoms with Gasteiger partial charge < -0.3 is 5.73 Å². The van der Waals surface area contributed by atoms with Gasteiger partial charge in [-0.2, -0.15) is 9.40 Å². The summed E-state index contributed by atoms with van der Waals surface area (Å²) in [5.74, 6) is -0.00286. The third kappa shape index (κ3) is 2.78. The van der Waals surface area contributed by atoms with E-state index in [1.54, 1.807) is 6.92 Å². The molecule has 0 fully saturated rings. The Labute approximate surface area is 115 Å². The largest absolute Gasteiger partial charge is 0.399 e. The number of halogens is 1. The van der Waals surface area contributed by atoms with Crippen LogP contribution < -0.4 is 5.73 Å². The molecule has 0 saturated heterocycles. The van der Waals surface area contributed by atoms with Gasteiger partial charge in [0.15, 0.2) is 5.82 Å². The van der Waals surface area contributed by atoms with Crippen molar-refractivity contribution in [3.8, 4) is 0 Å². The molecule has 7 nitrogen and oxygen atoms in total. The first-order valence-corrected chi connectivity index (χ1v) is 7.14. The molecule has 9 heteroatoms. The number of H-pyrrole nitrogens is 1. The number of hydrogen-bond acceptors (Lipinski definition) is 5. The quantitative estimate of drug-likeness (QED) is 0.807. The molecule has 1 aromatic carbocycles. The van der Waals surface area contributed by atoms with E-state index in [-0.39, 0.29) is 12.2 Å². The minimum absolute atomic E-state index is 0.0590. The zero-order valence-corrected chi connectivity index (χ0v) is 11.8. The van der Waals surface area contributed by atoms with Gasteiger partial charge in [0.25, 0.3) is 0 Å². The van der Waals surface area contributed by atoms with Crippen molar-refractivity contribution in [3.05, 3.63) is 35.7 Å². The normalized spacial score (nSPS) is 12.0. The fraction of sp³-hybridized carbons (Fsp3) is 0.273. The van der Waals surface area contributed by atoms with Crippen LogP contribution in [0, 0.1) is 12.7 Å². The predicted molar refractivity (Wildman–Crippen MR) is 70.6 cm³/mol. The van der Waals surface area contributed by atoms with E-state index < -0.39 is 20.7 Å². The molecule has 3 N–H and O–H groups in total. The maximum absolute atomic E-state index is 13.7. The van der Waals surface area contributed by atoms with Crippen LogP contribution in [0.3, 0.4) is 0 Å². The van der Waals surface area contributed by atoms with Crippen LogP contribution >= 0.6 is 0 Å². The number of sulfonamides is 1. The Hall–Kier alpha value is -2.00. The summed E-state index contributed by atoms with van der Waals surface area (Å²) in [6.07, 6.45) is 0. The summed E-state index contributed by atoms with van der Waals surface area (Å²) in [6, 6.07) is 3.44. The van der Waals surface area contributed by atoms with Gasteiger partial charge in [0.05, 0.1) is 6.54 Å². The summed E-state index contributed by atoms with van der Waals surface area (Å²) >= 11 is 0. The molecule has 2 rings (SSSR count). The highest BCUT2D eigenvalue weighted by Crippen LogP contribution is 2.21. The highest BCUT2D eigenvalue weighted by atomic mass is 32.2. The van der Waals surface area contributed by atoms with Crippen LogP contribution in [0.4, 0.5) is 10.1 Å². The lowest BCUT2D eigenvalue weighted by Crippen LogP contribution is -2.27. The molecular formula is C11H14FN5O2S. The van der Waals surface area contributed by atoms with Crippen LogP contribution in [-0.2, 0) is 16.6 Å². The van der Waals surface area contributed by atoms with E-state index in [4.69, 9.17) is 5.73 Å². The van der Waals surface area contributed by atoms with Crippen LogP contribution in [-0.4, -0.2) is 35.0 Å². The monoisotopic (exact) mass is 299 g/mol. The average molecular weight is 299 g/mol. The molecular weight excluding hydrogens is 285 g/mol. The minimum Gasteiger partial charge on any atom is -0.399 e. The van der Waals surface area contributed by atoms with Crippen molar-refractivity contribution in [3.63, 3.8) is 0 Å². The molecule has 0 bridgehead atoms. The highest BCUT2D eigenvalue weighted by Gasteiger charge is 2.25. The molecule has 0 radical (unpaired) electrons. The molecule has 108 valence electrons. The van der Waals surface area contributed by atoms with Gasteiger partial charge in [-0.05, 0) is 25.1 Å². The summed E-state index contributed by atoms with van der Waals surface area (Å²) in [5.41, 5.74) is 5.56. The number of aromatic nitrogens is 3. The summed E-state index contributed by atoms with van der Waals surface area (Å²) < 4.78 is 39.2. The van der Waals surface area contributed by atoms with Crippen molar-refractivity contribution < 1.29 is 12.8 Å². The van der Waals surface area contributed by atoms with Crippen LogP contribution in [0.2, 0.25) is 0 Å². The summed E-state index contributed by atoms with van der Waals surface area (Å²) in [6.45, 7) is 1.64. The fourth-order valence-electron chi connectivity index (χ4n) is 1.64. The topological polar surface area (TPSA) is 105 Å². The second kappa shape index (κ2) is 5.17. The van der Waals surface area contributed by atoms with Crippen molar-refractivity contribution in [2.45, 2.75) is 18.4 Å². The Bertz CT molecular complexity index is 728. The van der Waals surface area contributed by atoms with Crippen LogP contribution in [0.15, 0.2) is 23.1 Å². The number of aryl methyl sites for hydroxylation is 1. The van der Waals surface area contributed by atoms with Crippen molar-refractivity contribution in [1.29, 1.82) is 0 Å². The first-order chi connectivity index (χ1) is 9.30. The second-order valence-corrected chi connectivity index (χ2v) is 6.30. The third-order valence-corrected chi connectivity index (χ3v) is 4.49. The number of aromatic amines is 1. The molecule has 0 unspecified atom stereocenters. The molecule has 0 aliphatic carbocycles. The zero-order valence-electron chi connectivity index (χ0n) is 11.0. The number of hydrogen-bond donors (Lipinski definition) is 2. The number of anilines is 1. The second-order valence-electron chi connectivity index (χ2n) is 4.29. The number of nitrogens with two attached hydrogens (primary N) is 1. The first-order valence-electron chi connectivity index (χ1n) is 5.70. The van der Waals surface area contributed by atoms with Gasteiger partial charge in [-0.3, -0.25) is 5.10 Å². The fourth-order valence-corrected chi connectivity index (χ4v) is 2.80. The molecule has 1 aromatic heterocycles. The molecule has 0 spiro atoms. The summed E-state index contributed by atoms with van der Waals surface area (Å²) in [4.78, 5) is 3.58. The van der Waals surface area contributed by atoms with Gasteiger partial charge in [-0.15, -0.1) is 0 Å². The number of nitrogens with one attached hydrogen (secondary N) is 1. The lowest BCUT2D eigenvalue weighted by atomic mass is 10.3. The van der Waals surface area contributed by atoms with Gasteiger partial charge in [0, 0.05) is 12.7 Å². The van der Waals surface area contributed by atoms with E-state index in [0.29, 0.717) is 11.6 Å². The van der Waals surface area contributed by atoms with E-state index in [9.17, 15) is 12.8 Å². The number of nitrogen functional groups attached to an aromatic ring is 1. The molecule has 1 heterocycles. The molecule has 0 amide bonds.